The second-order valence-corrected chi connectivity index (χ2v) is 4.96. The average molecular weight is 271 g/mol. The highest BCUT2D eigenvalue weighted by Gasteiger charge is 2.22. The maximum atomic E-state index is 12.0. The van der Waals surface area contributed by atoms with E-state index >= 15 is 0 Å². The highest BCUT2D eigenvalue weighted by molar-refractivity contribution is 5.92. The summed E-state index contributed by atoms with van der Waals surface area (Å²) in [5.74, 6) is 0.136. The quantitative estimate of drug-likeness (QED) is 0.865. The molecular formula is C14H17N5O. The Balaban J connectivity index is 1.60. The van der Waals surface area contributed by atoms with Crippen LogP contribution in [0.4, 0.5) is 5.69 Å². The Morgan fingerprint density at radius 1 is 1.45 bits per heavy atom. The largest absolute Gasteiger partial charge is 0.323 e. The lowest BCUT2D eigenvalue weighted by Crippen LogP contribution is -2.24. The molecule has 6 nitrogen and oxygen atoms in total. The maximum absolute atomic E-state index is 12.0. The van der Waals surface area contributed by atoms with Gasteiger partial charge in [0.25, 0.3) is 0 Å². The smallest absolute Gasteiger partial charge is 0.228 e. The van der Waals surface area contributed by atoms with Crippen LogP contribution in [-0.2, 0) is 11.3 Å². The van der Waals surface area contributed by atoms with Crippen LogP contribution in [0.5, 0.6) is 0 Å². The van der Waals surface area contributed by atoms with E-state index in [9.17, 15) is 4.79 Å². The van der Waals surface area contributed by atoms with Crippen LogP contribution in [-0.4, -0.2) is 33.8 Å². The minimum absolute atomic E-state index is 0.0680. The molecule has 1 fully saturated rings. The Morgan fingerprint density at radius 3 is 3.05 bits per heavy atom. The summed E-state index contributed by atoms with van der Waals surface area (Å²) < 4.78 is 1.80. The maximum Gasteiger partial charge on any atom is 0.228 e. The fraction of sp³-hybridized carbons (Fsp3) is 0.357. The van der Waals surface area contributed by atoms with Gasteiger partial charge in [0.15, 0.2) is 0 Å². The first-order valence-corrected chi connectivity index (χ1v) is 6.74. The first-order valence-electron chi connectivity index (χ1n) is 6.74. The third kappa shape index (κ3) is 3.03. The van der Waals surface area contributed by atoms with Gasteiger partial charge in [-0.15, -0.1) is 0 Å². The number of pyridine rings is 1. The molecule has 1 aliphatic heterocycles. The third-order valence-corrected chi connectivity index (χ3v) is 3.43. The van der Waals surface area contributed by atoms with E-state index in [1.54, 1.807) is 23.3 Å². The van der Waals surface area contributed by atoms with Crippen LogP contribution < -0.4 is 10.6 Å². The van der Waals surface area contributed by atoms with Crippen LogP contribution in [0.3, 0.4) is 0 Å². The Morgan fingerprint density at radius 2 is 2.30 bits per heavy atom. The zero-order valence-electron chi connectivity index (χ0n) is 11.1. The molecule has 6 heteroatoms. The van der Waals surface area contributed by atoms with Crippen molar-refractivity contribution in [3.05, 3.63) is 42.5 Å². The Bertz CT molecular complexity index is 574. The Kier molecular flexibility index (Phi) is 3.73. The van der Waals surface area contributed by atoms with Gasteiger partial charge in [-0.3, -0.25) is 14.5 Å². The van der Waals surface area contributed by atoms with Gasteiger partial charge in [0.1, 0.15) is 0 Å². The number of carbonyl (C=O) groups excluding carboxylic acids is 1. The van der Waals surface area contributed by atoms with E-state index in [1.807, 2.05) is 18.3 Å². The molecule has 0 bridgehead atoms. The molecule has 1 amide bonds. The summed E-state index contributed by atoms with van der Waals surface area (Å²) in [7, 11) is 0. The van der Waals surface area contributed by atoms with Crippen molar-refractivity contribution in [2.24, 2.45) is 5.92 Å². The standard InChI is InChI=1S/C14H17N5O/c20-14(12-3-6-16-7-12)18-13-8-17-19(10-13)9-11-1-4-15-5-2-11/h1-2,4-5,8,10,12,16H,3,6-7,9H2,(H,18,20). The Hall–Kier alpha value is -2.21. The second-order valence-electron chi connectivity index (χ2n) is 4.96. The zero-order chi connectivity index (χ0) is 13.8. The average Bonchev–Trinajstić information content (AvgIpc) is 3.11. The summed E-state index contributed by atoms with van der Waals surface area (Å²) in [4.78, 5) is 16.0. The predicted octanol–water partition coefficient (Wildman–Crippen LogP) is 0.874. The summed E-state index contributed by atoms with van der Waals surface area (Å²) in [6.07, 6.45) is 7.95. The molecule has 1 saturated heterocycles. The number of nitrogens with zero attached hydrogens (tertiary/aromatic N) is 3. The third-order valence-electron chi connectivity index (χ3n) is 3.43. The van der Waals surface area contributed by atoms with Gasteiger partial charge in [0, 0.05) is 25.1 Å². The molecule has 3 rings (SSSR count). The molecule has 0 saturated carbocycles. The fourth-order valence-corrected chi connectivity index (χ4v) is 2.31. The number of nitrogens with one attached hydrogen (secondary N) is 2. The van der Waals surface area contributed by atoms with Crippen LogP contribution in [0.25, 0.3) is 0 Å². The summed E-state index contributed by atoms with van der Waals surface area (Å²) in [5, 5.41) is 10.4. The van der Waals surface area contributed by atoms with Crippen LogP contribution in [0.1, 0.15) is 12.0 Å². The molecule has 0 spiro atoms. The van der Waals surface area contributed by atoms with Crippen LogP contribution >= 0.6 is 0 Å². The van der Waals surface area contributed by atoms with Gasteiger partial charge in [-0.25, -0.2) is 0 Å². The van der Waals surface area contributed by atoms with Crippen LogP contribution in [0.15, 0.2) is 36.9 Å². The molecule has 0 radical (unpaired) electrons. The summed E-state index contributed by atoms with van der Waals surface area (Å²) in [6.45, 7) is 2.35. The molecule has 104 valence electrons. The van der Waals surface area contributed by atoms with Crippen molar-refractivity contribution in [2.45, 2.75) is 13.0 Å². The number of aromatic nitrogens is 3. The van der Waals surface area contributed by atoms with Crippen LogP contribution in [0.2, 0.25) is 0 Å². The van der Waals surface area contributed by atoms with E-state index in [2.05, 4.69) is 20.7 Å². The monoisotopic (exact) mass is 271 g/mol. The predicted molar refractivity (Wildman–Crippen MR) is 75.2 cm³/mol. The first kappa shape index (κ1) is 12.8. The van der Waals surface area contributed by atoms with Gasteiger partial charge in [0.2, 0.25) is 5.91 Å². The normalized spacial score (nSPS) is 18.1. The lowest BCUT2D eigenvalue weighted by Gasteiger charge is -2.07. The number of hydrogen-bond donors (Lipinski definition) is 2. The number of rotatable bonds is 4. The number of amides is 1. The molecule has 3 heterocycles. The van der Waals surface area contributed by atoms with Gasteiger partial charge in [-0.05, 0) is 30.7 Å². The zero-order valence-corrected chi connectivity index (χ0v) is 11.1. The highest BCUT2D eigenvalue weighted by atomic mass is 16.1. The van der Waals surface area contributed by atoms with Gasteiger partial charge >= 0.3 is 0 Å². The molecule has 2 aromatic heterocycles. The van der Waals surface area contributed by atoms with E-state index in [-0.39, 0.29) is 11.8 Å². The molecule has 2 aromatic rings. The second kappa shape index (κ2) is 5.83. The minimum Gasteiger partial charge on any atom is -0.323 e. The summed E-state index contributed by atoms with van der Waals surface area (Å²) in [5.41, 5.74) is 1.87. The molecule has 1 atom stereocenters. The molecule has 2 N–H and O–H groups in total. The van der Waals surface area contributed by atoms with E-state index in [1.165, 1.54) is 0 Å². The van der Waals surface area contributed by atoms with Crippen molar-refractivity contribution >= 4 is 11.6 Å². The molecule has 1 aliphatic rings. The van der Waals surface area contributed by atoms with Crippen molar-refractivity contribution in [1.82, 2.24) is 20.1 Å². The van der Waals surface area contributed by atoms with Crippen molar-refractivity contribution in [2.75, 3.05) is 18.4 Å². The fourth-order valence-electron chi connectivity index (χ4n) is 2.31. The van der Waals surface area contributed by atoms with Gasteiger partial charge in [-0.2, -0.15) is 5.10 Å². The number of anilines is 1. The summed E-state index contributed by atoms with van der Waals surface area (Å²) in [6, 6.07) is 3.90. The van der Waals surface area contributed by atoms with E-state index in [0.29, 0.717) is 6.54 Å². The SMILES string of the molecule is O=C(Nc1cnn(Cc2ccncc2)c1)C1CCNC1. The Labute approximate surface area is 117 Å². The number of carbonyl (C=O) groups is 1. The van der Waals surface area contributed by atoms with E-state index in [4.69, 9.17) is 0 Å². The number of hydrogen-bond acceptors (Lipinski definition) is 4. The van der Waals surface area contributed by atoms with Gasteiger partial charge in [-0.1, -0.05) is 0 Å². The molecule has 1 unspecified atom stereocenters. The highest BCUT2D eigenvalue weighted by Crippen LogP contribution is 2.13. The van der Waals surface area contributed by atoms with Crippen molar-refractivity contribution in [3.8, 4) is 0 Å². The van der Waals surface area contributed by atoms with Crippen molar-refractivity contribution in [3.63, 3.8) is 0 Å². The van der Waals surface area contributed by atoms with E-state index in [0.717, 1.165) is 30.8 Å². The minimum atomic E-state index is 0.0680. The van der Waals surface area contributed by atoms with E-state index < -0.39 is 0 Å². The lowest BCUT2D eigenvalue weighted by atomic mass is 10.1. The topological polar surface area (TPSA) is 71.8 Å². The van der Waals surface area contributed by atoms with Gasteiger partial charge < -0.3 is 10.6 Å². The molecule has 0 aromatic carbocycles. The lowest BCUT2D eigenvalue weighted by molar-refractivity contribution is -0.119. The van der Waals surface area contributed by atoms with Crippen molar-refractivity contribution < 1.29 is 4.79 Å². The van der Waals surface area contributed by atoms with Gasteiger partial charge in [0.05, 0.1) is 24.3 Å². The van der Waals surface area contributed by atoms with Crippen molar-refractivity contribution in [1.29, 1.82) is 0 Å². The molecular weight excluding hydrogens is 254 g/mol. The molecule has 20 heavy (non-hydrogen) atoms. The molecule has 0 aliphatic carbocycles. The van der Waals surface area contributed by atoms with Crippen LogP contribution in [0, 0.1) is 5.92 Å². The summed E-state index contributed by atoms with van der Waals surface area (Å²) >= 11 is 0. The first-order chi connectivity index (χ1) is 9.81.